The monoisotopic (exact) mass is 141 g/mol. The van der Waals surface area contributed by atoms with E-state index in [4.69, 9.17) is 0 Å². The molecule has 0 aromatic heterocycles. The highest BCUT2D eigenvalue weighted by Crippen LogP contribution is 2.32. The molecule has 1 N–H and O–H groups in total. The van der Waals surface area contributed by atoms with Crippen molar-refractivity contribution in [1.82, 2.24) is 5.32 Å². The Morgan fingerprint density at radius 2 is 2.30 bits per heavy atom. The Hall–Kier alpha value is -0.370. The Labute approximate surface area is 62.0 Å². The third kappa shape index (κ3) is 2.97. The summed E-state index contributed by atoms with van der Waals surface area (Å²) >= 11 is 0. The van der Waals surface area contributed by atoms with Crippen LogP contribution < -0.4 is 5.32 Å². The molecule has 1 fully saturated rings. The van der Waals surface area contributed by atoms with Crippen molar-refractivity contribution in [2.24, 2.45) is 5.92 Å². The number of nitrogens with one attached hydrogen (secondary N) is 1. The van der Waals surface area contributed by atoms with Gasteiger partial charge >= 0.3 is 0 Å². The first-order valence-corrected chi connectivity index (χ1v) is 3.99. The fraction of sp³-hybridized carbons (Fsp3) is 0.875. The molecule has 58 valence electrons. The number of rotatable bonds is 5. The van der Waals surface area contributed by atoms with Gasteiger partial charge in [-0.05, 0) is 25.8 Å². The van der Waals surface area contributed by atoms with Gasteiger partial charge in [0, 0.05) is 19.4 Å². The maximum absolute atomic E-state index is 11.0. The molecule has 1 aliphatic carbocycles. The summed E-state index contributed by atoms with van der Waals surface area (Å²) in [5, 5.41) is 2.97. The zero-order chi connectivity index (χ0) is 7.40. The lowest BCUT2D eigenvalue weighted by molar-refractivity contribution is -0.119. The van der Waals surface area contributed by atoms with Gasteiger partial charge in [0.15, 0.2) is 0 Å². The van der Waals surface area contributed by atoms with Gasteiger partial charge in [-0.25, -0.2) is 0 Å². The molecule has 0 heterocycles. The summed E-state index contributed by atoms with van der Waals surface area (Å²) < 4.78 is 0. The van der Waals surface area contributed by atoms with Gasteiger partial charge in [-0.1, -0.05) is 0 Å². The van der Waals surface area contributed by atoms with Gasteiger partial charge < -0.3 is 5.32 Å². The van der Waals surface area contributed by atoms with E-state index in [1.54, 1.807) is 0 Å². The fourth-order valence-corrected chi connectivity index (χ4v) is 1.01. The molecule has 10 heavy (non-hydrogen) atoms. The Morgan fingerprint density at radius 1 is 1.60 bits per heavy atom. The predicted octanol–water partition coefficient (Wildman–Crippen LogP) is 0.965. The van der Waals surface area contributed by atoms with E-state index in [2.05, 4.69) is 5.32 Å². The summed E-state index contributed by atoms with van der Waals surface area (Å²) in [5.41, 5.74) is 0. The van der Waals surface area contributed by atoms with Crippen LogP contribution in [0.3, 0.4) is 0 Å². The summed E-state index contributed by atoms with van der Waals surface area (Å²) in [7, 11) is 1.88. The minimum atomic E-state index is 0.428. The normalized spacial score (nSPS) is 17.3. The first-order chi connectivity index (χ1) is 4.83. The molecule has 0 unspecified atom stereocenters. The van der Waals surface area contributed by atoms with Crippen LogP contribution in [0, 0.1) is 5.92 Å². The van der Waals surface area contributed by atoms with Crippen LogP contribution in [0.4, 0.5) is 0 Å². The molecule has 1 aliphatic rings. The summed E-state index contributed by atoms with van der Waals surface area (Å²) in [4.78, 5) is 11.0. The molecule has 0 aromatic rings. The van der Waals surface area contributed by atoms with E-state index in [9.17, 15) is 4.79 Å². The Kier molecular flexibility index (Phi) is 2.87. The molecule has 1 rings (SSSR count). The molecular formula is C8H15NO. The smallest absolute Gasteiger partial charge is 0.134 e. The quantitative estimate of drug-likeness (QED) is 0.618. The van der Waals surface area contributed by atoms with Crippen molar-refractivity contribution < 1.29 is 4.79 Å². The second kappa shape index (κ2) is 3.71. The van der Waals surface area contributed by atoms with Crippen molar-refractivity contribution in [3.8, 4) is 0 Å². The third-order valence-electron chi connectivity index (χ3n) is 1.87. The maximum Gasteiger partial charge on any atom is 0.134 e. The lowest BCUT2D eigenvalue weighted by Crippen LogP contribution is -2.12. The SMILES string of the molecule is CNCCC(=O)CC1CC1. The van der Waals surface area contributed by atoms with Crippen LogP contribution in [0.25, 0.3) is 0 Å². The number of ketones is 1. The summed E-state index contributed by atoms with van der Waals surface area (Å²) in [6, 6.07) is 0. The number of carbonyl (C=O) groups excluding carboxylic acids is 1. The first-order valence-electron chi connectivity index (χ1n) is 3.99. The van der Waals surface area contributed by atoms with Crippen LogP contribution in [-0.2, 0) is 4.79 Å². The topological polar surface area (TPSA) is 29.1 Å². The highest BCUT2D eigenvalue weighted by Gasteiger charge is 2.23. The average molecular weight is 141 g/mol. The van der Waals surface area contributed by atoms with Gasteiger partial charge in [0.05, 0.1) is 0 Å². The van der Waals surface area contributed by atoms with E-state index in [-0.39, 0.29) is 0 Å². The van der Waals surface area contributed by atoms with Crippen molar-refractivity contribution in [2.45, 2.75) is 25.7 Å². The summed E-state index contributed by atoms with van der Waals surface area (Å²) in [6.07, 6.45) is 4.12. The highest BCUT2D eigenvalue weighted by atomic mass is 16.1. The fourth-order valence-electron chi connectivity index (χ4n) is 1.01. The molecule has 0 bridgehead atoms. The molecule has 1 saturated carbocycles. The first kappa shape index (κ1) is 7.73. The van der Waals surface area contributed by atoms with E-state index in [1.165, 1.54) is 12.8 Å². The lowest BCUT2D eigenvalue weighted by Gasteiger charge is -1.96. The lowest BCUT2D eigenvalue weighted by atomic mass is 10.1. The van der Waals surface area contributed by atoms with Gasteiger partial charge in [0.1, 0.15) is 5.78 Å². The second-order valence-electron chi connectivity index (χ2n) is 3.04. The van der Waals surface area contributed by atoms with Gasteiger partial charge in [-0.3, -0.25) is 4.79 Å². The number of carbonyl (C=O) groups is 1. The molecule has 0 spiro atoms. The maximum atomic E-state index is 11.0. The zero-order valence-electron chi connectivity index (χ0n) is 6.52. The van der Waals surface area contributed by atoms with Crippen molar-refractivity contribution in [2.75, 3.05) is 13.6 Å². The van der Waals surface area contributed by atoms with Gasteiger partial charge in [0.2, 0.25) is 0 Å². The Balaban J connectivity index is 1.97. The van der Waals surface area contributed by atoms with Gasteiger partial charge in [0.25, 0.3) is 0 Å². The van der Waals surface area contributed by atoms with E-state index >= 15 is 0 Å². The molecular weight excluding hydrogens is 126 g/mol. The van der Waals surface area contributed by atoms with Crippen LogP contribution in [-0.4, -0.2) is 19.4 Å². The largest absolute Gasteiger partial charge is 0.319 e. The van der Waals surface area contributed by atoms with Crippen LogP contribution in [0.2, 0.25) is 0 Å². The molecule has 2 nitrogen and oxygen atoms in total. The van der Waals surface area contributed by atoms with Crippen molar-refractivity contribution in [3.05, 3.63) is 0 Å². The van der Waals surface area contributed by atoms with Gasteiger partial charge in [-0.15, -0.1) is 0 Å². The molecule has 0 aromatic carbocycles. The standard InChI is InChI=1S/C8H15NO/c1-9-5-4-8(10)6-7-2-3-7/h7,9H,2-6H2,1H3. The molecule has 2 heteroatoms. The number of hydrogen-bond acceptors (Lipinski definition) is 2. The summed E-state index contributed by atoms with van der Waals surface area (Å²) in [6.45, 7) is 0.839. The molecule has 0 radical (unpaired) electrons. The zero-order valence-corrected chi connectivity index (χ0v) is 6.52. The van der Waals surface area contributed by atoms with Crippen molar-refractivity contribution >= 4 is 5.78 Å². The highest BCUT2D eigenvalue weighted by molar-refractivity contribution is 5.79. The summed E-state index contributed by atoms with van der Waals surface area (Å²) in [5.74, 6) is 1.18. The minimum Gasteiger partial charge on any atom is -0.319 e. The van der Waals surface area contributed by atoms with E-state index in [0.29, 0.717) is 12.2 Å². The van der Waals surface area contributed by atoms with E-state index in [0.717, 1.165) is 18.9 Å². The van der Waals surface area contributed by atoms with E-state index < -0.39 is 0 Å². The average Bonchev–Trinajstić information content (AvgIpc) is 2.67. The minimum absolute atomic E-state index is 0.428. The number of Topliss-reactive ketones (excluding diaryl/α,β-unsaturated/α-hetero) is 1. The predicted molar refractivity (Wildman–Crippen MR) is 40.9 cm³/mol. The molecule has 0 amide bonds. The van der Waals surface area contributed by atoms with Crippen molar-refractivity contribution in [3.63, 3.8) is 0 Å². The van der Waals surface area contributed by atoms with Crippen molar-refractivity contribution in [1.29, 1.82) is 0 Å². The molecule has 0 atom stereocenters. The number of hydrogen-bond donors (Lipinski definition) is 1. The third-order valence-corrected chi connectivity index (χ3v) is 1.87. The van der Waals surface area contributed by atoms with Crippen LogP contribution in [0.15, 0.2) is 0 Å². The Morgan fingerprint density at radius 3 is 2.80 bits per heavy atom. The van der Waals surface area contributed by atoms with E-state index in [1.807, 2.05) is 7.05 Å². The Bertz CT molecular complexity index is 118. The molecule has 0 aliphatic heterocycles. The second-order valence-corrected chi connectivity index (χ2v) is 3.04. The van der Waals surface area contributed by atoms with Gasteiger partial charge in [-0.2, -0.15) is 0 Å². The molecule has 0 saturated heterocycles. The van der Waals surface area contributed by atoms with Crippen LogP contribution >= 0.6 is 0 Å². The van der Waals surface area contributed by atoms with Crippen LogP contribution in [0.1, 0.15) is 25.7 Å². The van der Waals surface area contributed by atoms with Crippen LogP contribution in [0.5, 0.6) is 0 Å².